The molecule has 2 rings (SSSR count). The number of carbonyl (C=O) groups is 2. The zero-order valence-electron chi connectivity index (χ0n) is 11.4. The van der Waals surface area contributed by atoms with Crippen LogP contribution in [0.2, 0.25) is 0 Å². The Hall–Kier alpha value is -2.17. The largest absolute Gasteiger partial charge is 0.383 e. The van der Waals surface area contributed by atoms with Gasteiger partial charge < -0.3 is 10.2 Å². The monoisotopic (exact) mass is 259 g/mol. The van der Waals surface area contributed by atoms with Crippen LogP contribution in [0.4, 0.5) is 5.69 Å². The number of fused-ring (bicyclic) bond motifs is 1. The van der Waals surface area contributed by atoms with E-state index in [0.29, 0.717) is 17.8 Å². The Morgan fingerprint density at radius 1 is 1.42 bits per heavy atom. The number of hydrogen-bond acceptors (Lipinski definition) is 4. The van der Waals surface area contributed by atoms with Crippen LogP contribution >= 0.6 is 0 Å². The fraction of sp³-hybridized carbons (Fsp3) is 0.357. The molecule has 0 fully saturated rings. The number of Topliss-reactive ketones (excluding diaryl/α,β-unsaturated/α-hetero) is 1. The average molecular weight is 259 g/mol. The fourth-order valence-corrected chi connectivity index (χ4v) is 2.15. The summed E-state index contributed by atoms with van der Waals surface area (Å²) in [6.45, 7) is 1.45. The van der Waals surface area contributed by atoms with Crippen LogP contribution in [0, 0.1) is 0 Å². The van der Waals surface area contributed by atoms with E-state index >= 15 is 0 Å². The highest BCUT2D eigenvalue weighted by Crippen LogP contribution is 2.25. The maximum absolute atomic E-state index is 12.2. The Balaban J connectivity index is 2.31. The molecular formula is C14H17N3O2. The highest BCUT2D eigenvalue weighted by molar-refractivity contribution is 6.09. The Labute approximate surface area is 112 Å². The van der Waals surface area contributed by atoms with Gasteiger partial charge in [0.05, 0.1) is 11.9 Å². The molecule has 0 spiro atoms. The predicted molar refractivity (Wildman–Crippen MR) is 73.0 cm³/mol. The number of aryl methyl sites for hydroxylation is 1. The minimum absolute atomic E-state index is 0.0238. The van der Waals surface area contributed by atoms with Crippen molar-refractivity contribution in [1.29, 1.82) is 0 Å². The van der Waals surface area contributed by atoms with Crippen molar-refractivity contribution < 1.29 is 9.59 Å². The molecule has 1 aliphatic rings. The van der Waals surface area contributed by atoms with E-state index in [9.17, 15) is 9.59 Å². The molecule has 1 heterocycles. The number of ketones is 1. The van der Waals surface area contributed by atoms with Gasteiger partial charge in [0.15, 0.2) is 0 Å². The van der Waals surface area contributed by atoms with E-state index in [1.54, 1.807) is 0 Å². The van der Waals surface area contributed by atoms with Crippen molar-refractivity contribution in [2.24, 2.45) is 0 Å². The van der Waals surface area contributed by atoms with Gasteiger partial charge in [0, 0.05) is 32.8 Å². The molecule has 0 aliphatic heterocycles. The lowest BCUT2D eigenvalue weighted by Gasteiger charge is -2.19. The first kappa shape index (κ1) is 13.3. The van der Waals surface area contributed by atoms with Crippen LogP contribution in [0.25, 0.3) is 0 Å². The quantitative estimate of drug-likeness (QED) is 0.820. The number of pyridine rings is 1. The number of hydrogen-bond donors (Lipinski definition) is 1. The van der Waals surface area contributed by atoms with Crippen LogP contribution in [0.3, 0.4) is 0 Å². The van der Waals surface area contributed by atoms with Gasteiger partial charge in [-0.1, -0.05) is 0 Å². The van der Waals surface area contributed by atoms with Crippen LogP contribution in [-0.2, 0) is 11.2 Å². The molecule has 0 bridgehead atoms. The molecule has 0 saturated heterocycles. The summed E-state index contributed by atoms with van der Waals surface area (Å²) in [7, 11) is 3.78. The molecule has 1 amide bonds. The summed E-state index contributed by atoms with van der Waals surface area (Å²) in [5.41, 5.74) is 2.80. The van der Waals surface area contributed by atoms with Crippen LogP contribution in [0.5, 0.6) is 0 Å². The van der Waals surface area contributed by atoms with Gasteiger partial charge in [-0.15, -0.1) is 0 Å². The number of nitrogens with zero attached hydrogens (tertiary/aromatic N) is 2. The number of anilines is 1. The molecule has 0 radical (unpaired) electrons. The van der Waals surface area contributed by atoms with Gasteiger partial charge in [-0.3, -0.25) is 14.6 Å². The lowest BCUT2D eigenvalue weighted by atomic mass is 9.90. The Morgan fingerprint density at radius 3 is 2.79 bits per heavy atom. The molecule has 0 aromatic carbocycles. The first-order valence-corrected chi connectivity index (χ1v) is 6.15. The second kappa shape index (κ2) is 5.22. The van der Waals surface area contributed by atoms with Gasteiger partial charge in [-0.2, -0.15) is 0 Å². The number of aromatic nitrogens is 1. The number of carbonyl (C=O) groups excluding carboxylic acids is 2. The summed E-state index contributed by atoms with van der Waals surface area (Å²) >= 11 is 0. The highest BCUT2D eigenvalue weighted by Gasteiger charge is 2.23. The van der Waals surface area contributed by atoms with Crippen molar-refractivity contribution in [3.05, 3.63) is 35.3 Å². The molecule has 1 aromatic rings. The summed E-state index contributed by atoms with van der Waals surface area (Å²) in [6, 6.07) is 1.83. The molecule has 5 heteroatoms. The second-order valence-electron chi connectivity index (χ2n) is 4.86. The molecule has 1 aromatic heterocycles. The normalized spacial score (nSPS) is 16.2. The maximum atomic E-state index is 12.2. The van der Waals surface area contributed by atoms with E-state index < -0.39 is 0 Å². The standard InChI is InChI=1S/C14H17N3O2/c1-9(18)16-12-6-10-4-5-11(8-17(2)3)14(19)13(10)15-7-12/h6-8H,4-5H2,1-3H3,(H,16,18). The van der Waals surface area contributed by atoms with Crippen LogP contribution < -0.4 is 5.32 Å². The Kier molecular flexibility index (Phi) is 3.64. The minimum Gasteiger partial charge on any atom is -0.383 e. The molecule has 5 nitrogen and oxygen atoms in total. The third-order valence-corrected chi connectivity index (χ3v) is 2.87. The van der Waals surface area contributed by atoms with E-state index in [2.05, 4.69) is 10.3 Å². The van der Waals surface area contributed by atoms with Crippen molar-refractivity contribution >= 4 is 17.4 Å². The molecule has 1 N–H and O–H groups in total. The SMILES string of the molecule is CC(=O)Nc1cnc2c(c1)CCC(=CN(C)C)C2=O. The summed E-state index contributed by atoms with van der Waals surface area (Å²) in [6.07, 6.45) is 4.84. The van der Waals surface area contributed by atoms with Crippen molar-refractivity contribution in [2.75, 3.05) is 19.4 Å². The summed E-state index contributed by atoms with van der Waals surface area (Å²) < 4.78 is 0. The summed E-state index contributed by atoms with van der Waals surface area (Å²) in [5.74, 6) is -0.165. The summed E-state index contributed by atoms with van der Waals surface area (Å²) in [5, 5.41) is 2.68. The molecule has 1 aliphatic carbocycles. The van der Waals surface area contributed by atoms with Crippen molar-refractivity contribution in [1.82, 2.24) is 9.88 Å². The van der Waals surface area contributed by atoms with Crippen molar-refractivity contribution in [3.8, 4) is 0 Å². The number of rotatable bonds is 2. The Morgan fingerprint density at radius 2 is 2.16 bits per heavy atom. The van der Waals surface area contributed by atoms with Crippen molar-refractivity contribution in [3.63, 3.8) is 0 Å². The van der Waals surface area contributed by atoms with Crippen LogP contribution in [0.15, 0.2) is 24.0 Å². The number of nitrogens with one attached hydrogen (secondary N) is 1. The van der Waals surface area contributed by atoms with Gasteiger partial charge in [-0.05, 0) is 24.5 Å². The van der Waals surface area contributed by atoms with Crippen LogP contribution in [-0.4, -0.2) is 35.7 Å². The molecule has 0 saturated carbocycles. The summed E-state index contributed by atoms with van der Waals surface area (Å²) in [4.78, 5) is 29.3. The number of allylic oxidation sites excluding steroid dienone is 1. The third-order valence-electron chi connectivity index (χ3n) is 2.87. The van der Waals surface area contributed by atoms with E-state index in [4.69, 9.17) is 0 Å². The van der Waals surface area contributed by atoms with Gasteiger partial charge >= 0.3 is 0 Å². The van der Waals surface area contributed by atoms with Gasteiger partial charge in [-0.25, -0.2) is 0 Å². The smallest absolute Gasteiger partial charge is 0.221 e. The first-order chi connectivity index (χ1) is 8.97. The lowest BCUT2D eigenvalue weighted by molar-refractivity contribution is -0.114. The third kappa shape index (κ3) is 2.99. The topological polar surface area (TPSA) is 62.3 Å². The van der Waals surface area contributed by atoms with E-state index in [1.165, 1.54) is 13.1 Å². The van der Waals surface area contributed by atoms with E-state index in [-0.39, 0.29) is 11.7 Å². The van der Waals surface area contributed by atoms with E-state index in [1.807, 2.05) is 31.3 Å². The zero-order chi connectivity index (χ0) is 14.0. The van der Waals surface area contributed by atoms with Crippen LogP contribution in [0.1, 0.15) is 29.4 Å². The molecule has 19 heavy (non-hydrogen) atoms. The van der Waals surface area contributed by atoms with Gasteiger partial charge in [0.1, 0.15) is 5.69 Å². The zero-order valence-corrected chi connectivity index (χ0v) is 11.4. The maximum Gasteiger partial charge on any atom is 0.221 e. The van der Waals surface area contributed by atoms with Gasteiger partial charge in [0.25, 0.3) is 0 Å². The minimum atomic E-state index is -0.142. The molecule has 0 unspecified atom stereocenters. The Bertz CT molecular complexity index is 562. The lowest BCUT2D eigenvalue weighted by Crippen LogP contribution is -2.19. The molecule has 0 atom stereocenters. The van der Waals surface area contributed by atoms with Crippen molar-refractivity contribution in [2.45, 2.75) is 19.8 Å². The molecular weight excluding hydrogens is 242 g/mol. The molecule has 100 valence electrons. The van der Waals surface area contributed by atoms with Gasteiger partial charge in [0.2, 0.25) is 11.7 Å². The fourth-order valence-electron chi connectivity index (χ4n) is 2.15. The van der Waals surface area contributed by atoms with E-state index in [0.717, 1.165) is 17.6 Å². The number of amides is 1. The highest BCUT2D eigenvalue weighted by atomic mass is 16.1. The average Bonchev–Trinajstić information content (AvgIpc) is 2.31. The first-order valence-electron chi connectivity index (χ1n) is 6.15. The second-order valence-corrected chi connectivity index (χ2v) is 4.86. The predicted octanol–water partition coefficient (Wildman–Crippen LogP) is 1.61.